The molecule has 1 heterocycles. The van der Waals surface area contributed by atoms with E-state index in [1.807, 2.05) is 0 Å². The first-order valence-electron chi connectivity index (χ1n) is 1.29. The molecule has 0 aromatic carbocycles. The zero-order chi connectivity index (χ0) is 3.54. The van der Waals surface area contributed by atoms with Gasteiger partial charge in [0, 0.05) is 0 Å². The summed E-state index contributed by atoms with van der Waals surface area (Å²) in [4.78, 5) is 3.56. The number of aromatic nitrogens is 3. The molecule has 0 fully saturated rings. The van der Waals surface area contributed by atoms with Crippen LogP contribution in [0.5, 0.6) is 0 Å². The number of hydrogen-bond donors (Lipinski definition) is 1. The fraction of sp³-hybridized carbons (Fsp3) is 0. The number of rotatable bonds is 0. The van der Waals surface area contributed by atoms with Gasteiger partial charge in [-0.15, -0.1) is 0 Å². The Morgan fingerprint density at radius 2 is 2.33 bits per heavy atom. The standard InChI is InChI=1S/C2H3N3.Li.H/c1-3-2-5-4-1;;/h1-2H,(H,3,4,5);;. The molecule has 0 aliphatic carbocycles. The molecule has 0 aliphatic heterocycles. The summed E-state index contributed by atoms with van der Waals surface area (Å²) in [6.07, 6.45) is 2.96. The summed E-state index contributed by atoms with van der Waals surface area (Å²) < 4.78 is 0. The van der Waals surface area contributed by atoms with Crippen molar-refractivity contribution in [3.8, 4) is 0 Å². The van der Waals surface area contributed by atoms with E-state index in [2.05, 4.69) is 15.2 Å². The van der Waals surface area contributed by atoms with Crippen LogP contribution in [0.4, 0.5) is 0 Å². The maximum Gasteiger partial charge on any atom is 0.137 e. The average Bonchev–Trinajstić information content (AvgIpc) is 1.76. The monoisotopic (exact) mass is 77.1 g/mol. The first-order valence-corrected chi connectivity index (χ1v) is 1.29. The first kappa shape index (κ1) is 5.74. The third kappa shape index (κ3) is 1.25. The van der Waals surface area contributed by atoms with Crippen LogP contribution < -0.4 is 0 Å². The summed E-state index contributed by atoms with van der Waals surface area (Å²) in [5.74, 6) is 0. The van der Waals surface area contributed by atoms with Crippen molar-refractivity contribution in [3.63, 3.8) is 0 Å². The number of nitrogens with zero attached hydrogens (tertiary/aromatic N) is 2. The van der Waals surface area contributed by atoms with Gasteiger partial charge in [0.2, 0.25) is 0 Å². The van der Waals surface area contributed by atoms with Gasteiger partial charge in [-0.3, -0.25) is 5.10 Å². The molecule has 3 nitrogen and oxygen atoms in total. The predicted octanol–water partition coefficient (Wildman–Crippen LogP) is -0.844. The molecular formula is C2H4LiN3. The Bertz CT molecular complexity index is 65.3. The summed E-state index contributed by atoms with van der Waals surface area (Å²) in [5.41, 5.74) is 0. The minimum Gasteiger partial charge on any atom is -0.266 e. The Balaban J connectivity index is 0.000000250. The van der Waals surface area contributed by atoms with Crippen molar-refractivity contribution in [3.05, 3.63) is 12.7 Å². The zero-order valence-electron chi connectivity index (χ0n) is 2.55. The molecule has 1 aromatic heterocycles. The van der Waals surface area contributed by atoms with Crippen LogP contribution in [0.3, 0.4) is 0 Å². The summed E-state index contributed by atoms with van der Waals surface area (Å²) in [5, 5.41) is 5.99. The second kappa shape index (κ2) is 2.95. The SMILES string of the molecule is [LiH].c1nc[nH]n1. The third-order valence-electron chi connectivity index (χ3n) is 0.331. The van der Waals surface area contributed by atoms with Gasteiger partial charge in [0.05, 0.1) is 0 Å². The van der Waals surface area contributed by atoms with Gasteiger partial charge in [-0.1, -0.05) is 0 Å². The van der Waals surface area contributed by atoms with E-state index in [4.69, 9.17) is 0 Å². The third-order valence-corrected chi connectivity index (χ3v) is 0.331. The fourth-order valence-corrected chi connectivity index (χ4v) is 0.167. The predicted molar refractivity (Wildman–Crippen MR) is 23.5 cm³/mol. The van der Waals surface area contributed by atoms with Crippen LogP contribution in [0.1, 0.15) is 0 Å². The summed E-state index contributed by atoms with van der Waals surface area (Å²) in [7, 11) is 0. The molecule has 0 bridgehead atoms. The van der Waals surface area contributed by atoms with Crippen molar-refractivity contribution in [2.24, 2.45) is 0 Å². The topological polar surface area (TPSA) is 41.6 Å². The van der Waals surface area contributed by atoms with Gasteiger partial charge in [0.15, 0.2) is 0 Å². The molecule has 6 heavy (non-hydrogen) atoms. The molecule has 1 N–H and O–H groups in total. The Kier molecular flexibility index (Phi) is 2.82. The van der Waals surface area contributed by atoms with Crippen molar-refractivity contribution in [2.45, 2.75) is 0 Å². The van der Waals surface area contributed by atoms with E-state index in [1.54, 1.807) is 0 Å². The second-order valence-corrected chi connectivity index (χ2v) is 0.652. The fourth-order valence-electron chi connectivity index (χ4n) is 0.167. The van der Waals surface area contributed by atoms with Crippen LogP contribution in [0.2, 0.25) is 0 Å². The van der Waals surface area contributed by atoms with Crippen LogP contribution in [0, 0.1) is 0 Å². The Morgan fingerprint density at radius 1 is 1.50 bits per heavy atom. The van der Waals surface area contributed by atoms with Crippen LogP contribution in [0.15, 0.2) is 12.7 Å². The van der Waals surface area contributed by atoms with E-state index in [0.29, 0.717) is 0 Å². The Labute approximate surface area is 47.3 Å². The maximum absolute atomic E-state index is 3.56. The molecule has 0 unspecified atom stereocenters. The van der Waals surface area contributed by atoms with E-state index >= 15 is 0 Å². The zero-order valence-corrected chi connectivity index (χ0v) is 2.55. The number of nitrogens with one attached hydrogen (secondary N) is 1. The molecule has 0 saturated carbocycles. The van der Waals surface area contributed by atoms with Crippen LogP contribution in [-0.4, -0.2) is 34.0 Å². The number of H-pyrrole nitrogens is 1. The molecule has 0 spiro atoms. The quantitative estimate of drug-likeness (QED) is 0.410. The summed E-state index contributed by atoms with van der Waals surface area (Å²) >= 11 is 0. The molecule has 0 aliphatic rings. The van der Waals surface area contributed by atoms with Gasteiger partial charge in [0.1, 0.15) is 12.7 Å². The Hall–Kier alpha value is -0.263. The first-order chi connectivity index (χ1) is 2.50. The van der Waals surface area contributed by atoms with Crippen molar-refractivity contribution in [1.29, 1.82) is 0 Å². The van der Waals surface area contributed by atoms with Gasteiger partial charge in [0.25, 0.3) is 0 Å². The van der Waals surface area contributed by atoms with Crippen molar-refractivity contribution in [1.82, 2.24) is 15.2 Å². The molecule has 0 amide bonds. The molecule has 28 valence electrons. The van der Waals surface area contributed by atoms with E-state index < -0.39 is 0 Å². The van der Waals surface area contributed by atoms with Gasteiger partial charge in [-0.05, 0) is 0 Å². The normalized spacial score (nSPS) is 6.67. The van der Waals surface area contributed by atoms with Gasteiger partial charge in [-0.2, -0.15) is 5.10 Å². The smallest absolute Gasteiger partial charge is 0.137 e. The van der Waals surface area contributed by atoms with E-state index in [1.165, 1.54) is 12.7 Å². The van der Waals surface area contributed by atoms with Crippen LogP contribution >= 0.6 is 0 Å². The molecular weight excluding hydrogens is 73.0 g/mol. The van der Waals surface area contributed by atoms with Crippen molar-refractivity contribution < 1.29 is 0 Å². The molecule has 1 rings (SSSR count). The number of aromatic amines is 1. The summed E-state index contributed by atoms with van der Waals surface area (Å²) in [6, 6.07) is 0. The minimum absolute atomic E-state index is 0. The number of hydrogen-bond acceptors (Lipinski definition) is 2. The molecule has 0 atom stereocenters. The van der Waals surface area contributed by atoms with Gasteiger partial charge >= 0.3 is 18.9 Å². The van der Waals surface area contributed by atoms with Crippen molar-refractivity contribution >= 4 is 18.9 Å². The van der Waals surface area contributed by atoms with Crippen molar-refractivity contribution in [2.75, 3.05) is 0 Å². The maximum atomic E-state index is 3.56. The summed E-state index contributed by atoms with van der Waals surface area (Å²) in [6.45, 7) is 0. The van der Waals surface area contributed by atoms with Crippen LogP contribution in [0.25, 0.3) is 0 Å². The van der Waals surface area contributed by atoms with Gasteiger partial charge in [-0.25, -0.2) is 4.98 Å². The largest absolute Gasteiger partial charge is 0.266 e. The van der Waals surface area contributed by atoms with Crippen LogP contribution in [-0.2, 0) is 0 Å². The molecule has 0 radical (unpaired) electrons. The van der Waals surface area contributed by atoms with E-state index in [9.17, 15) is 0 Å². The average molecular weight is 77.0 g/mol. The minimum atomic E-state index is 0. The Morgan fingerprint density at radius 3 is 2.50 bits per heavy atom. The molecule has 1 aromatic rings. The van der Waals surface area contributed by atoms with E-state index in [-0.39, 0.29) is 18.9 Å². The van der Waals surface area contributed by atoms with E-state index in [0.717, 1.165) is 0 Å². The van der Waals surface area contributed by atoms with Gasteiger partial charge < -0.3 is 0 Å². The molecule has 0 saturated heterocycles. The second-order valence-electron chi connectivity index (χ2n) is 0.652. The molecule has 4 heteroatoms.